The molecule has 11 nitrogen and oxygen atoms in total. The summed E-state index contributed by atoms with van der Waals surface area (Å²) in [5.74, 6) is 0.0537. The van der Waals surface area contributed by atoms with Crippen LogP contribution in [0.25, 0.3) is 28.2 Å². The minimum atomic E-state index is -0.573. The molecule has 6 rings (SSSR count). The Hall–Kier alpha value is -5.36. The molecule has 1 aliphatic rings. The quantitative estimate of drug-likeness (QED) is 0.310. The van der Waals surface area contributed by atoms with Crippen molar-refractivity contribution in [2.24, 2.45) is 7.05 Å². The fraction of sp³-hybridized carbons (Fsp3) is 0.194. The number of ether oxygens (including phenoxy) is 1. The lowest BCUT2D eigenvalue weighted by Crippen LogP contribution is -2.36. The van der Waals surface area contributed by atoms with E-state index in [4.69, 9.17) is 15.5 Å². The number of pyridine rings is 1. The second-order valence-corrected chi connectivity index (χ2v) is 10.1. The van der Waals surface area contributed by atoms with Crippen molar-refractivity contribution in [3.05, 3.63) is 100 Å². The lowest BCUT2D eigenvalue weighted by Gasteiger charge is -2.28. The van der Waals surface area contributed by atoms with Gasteiger partial charge in [-0.2, -0.15) is 0 Å². The molecule has 0 radical (unpaired) electrons. The summed E-state index contributed by atoms with van der Waals surface area (Å²) in [7, 11) is 1.64. The predicted molar refractivity (Wildman–Crippen MR) is 162 cm³/mol. The molecule has 5 aromatic rings. The van der Waals surface area contributed by atoms with Crippen LogP contribution < -0.4 is 21.5 Å². The first kappa shape index (κ1) is 27.8. The zero-order valence-electron chi connectivity index (χ0n) is 23.6. The molecule has 0 saturated carbocycles. The van der Waals surface area contributed by atoms with Gasteiger partial charge in [-0.3, -0.25) is 14.3 Å². The highest BCUT2D eigenvalue weighted by molar-refractivity contribution is 6.05. The lowest BCUT2D eigenvalue weighted by atomic mass is 10.1. The van der Waals surface area contributed by atoms with Crippen LogP contribution in [0.1, 0.15) is 16.1 Å². The largest absolute Gasteiger partial charge is 0.382 e. The van der Waals surface area contributed by atoms with Crippen molar-refractivity contribution in [2.45, 2.75) is 6.92 Å². The van der Waals surface area contributed by atoms with Gasteiger partial charge in [-0.1, -0.05) is 18.2 Å². The van der Waals surface area contributed by atoms with Crippen molar-refractivity contribution < 1.29 is 13.9 Å². The molecule has 3 aromatic heterocycles. The van der Waals surface area contributed by atoms with Crippen LogP contribution in [0, 0.1) is 12.7 Å². The normalized spacial score (nSPS) is 13.2. The molecule has 218 valence electrons. The van der Waals surface area contributed by atoms with Gasteiger partial charge in [-0.05, 0) is 49.4 Å². The van der Waals surface area contributed by atoms with Gasteiger partial charge in [0.15, 0.2) is 0 Å². The number of morpholine rings is 1. The highest BCUT2D eigenvalue weighted by atomic mass is 19.1. The summed E-state index contributed by atoms with van der Waals surface area (Å²) in [5.41, 5.74) is 9.57. The number of benzene rings is 2. The highest BCUT2D eigenvalue weighted by Crippen LogP contribution is 2.28. The van der Waals surface area contributed by atoms with Crippen LogP contribution in [-0.4, -0.2) is 56.5 Å². The first-order valence-corrected chi connectivity index (χ1v) is 13.7. The lowest BCUT2D eigenvalue weighted by molar-refractivity contribution is 0.102. The zero-order chi connectivity index (χ0) is 30.1. The topological polar surface area (TPSA) is 133 Å². The van der Waals surface area contributed by atoms with Crippen molar-refractivity contribution in [3.63, 3.8) is 0 Å². The summed E-state index contributed by atoms with van der Waals surface area (Å²) in [6.45, 7) is 4.52. The number of carbonyl (C=O) groups is 1. The van der Waals surface area contributed by atoms with Crippen LogP contribution in [0.5, 0.6) is 0 Å². The molecule has 0 bridgehead atoms. The number of anilines is 3. The summed E-state index contributed by atoms with van der Waals surface area (Å²) < 4.78 is 22.0. The second-order valence-electron chi connectivity index (χ2n) is 10.1. The van der Waals surface area contributed by atoms with E-state index in [1.165, 1.54) is 27.6 Å². The molecule has 2 aromatic carbocycles. The van der Waals surface area contributed by atoms with Gasteiger partial charge in [-0.15, -0.1) is 0 Å². The van der Waals surface area contributed by atoms with E-state index < -0.39 is 17.3 Å². The summed E-state index contributed by atoms with van der Waals surface area (Å²) in [6.07, 6.45) is 3.38. The van der Waals surface area contributed by atoms with Crippen LogP contribution in [0.2, 0.25) is 0 Å². The molecule has 1 aliphatic heterocycles. The van der Waals surface area contributed by atoms with E-state index in [9.17, 15) is 14.0 Å². The molecule has 12 heteroatoms. The van der Waals surface area contributed by atoms with Crippen LogP contribution in [-0.2, 0) is 11.8 Å². The number of hydrogen-bond acceptors (Lipinski definition) is 8. The molecule has 0 spiro atoms. The summed E-state index contributed by atoms with van der Waals surface area (Å²) in [6, 6.07) is 16.4. The van der Waals surface area contributed by atoms with Gasteiger partial charge in [0.2, 0.25) is 0 Å². The van der Waals surface area contributed by atoms with Crippen LogP contribution in [0.15, 0.2) is 77.9 Å². The van der Waals surface area contributed by atoms with Gasteiger partial charge in [0, 0.05) is 43.1 Å². The average Bonchev–Trinajstić information content (AvgIpc) is 3.25. The fourth-order valence-corrected chi connectivity index (χ4v) is 5.07. The summed E-state index contributed by atoms with van der Waals surface area (Å²) in [5, 5.41) is 2.78. The van der Waals surface area contributed by atoms with Gasteiger partial charge in [0.05, 0.1) is 36.5 Å². The molecule has 43 heavy (non-hydrogen) atoms. The molecule has 0 unspecified atom stereocenters. The highest BCUT2D eigenvalue weighted by Gasteiger charge is 2.23. The maximum atomic E-state index is 13.8. The van der Waals surface area contributed by atoms with Crippen molar-refractivity contribution in [1.29, 1.82) is 0 Å². The summed E-state index contributed by atoms with van der Waals surface area (Å²) >= 11 is 0. The molecular formula is C31H29FN8O3. The Bertz CT molecular complexity index is 1880. The number of hydrogen-bond donors (Lipinski definition) is 2. The number of nitrogens with two attached hydrogens (primary N) is 1. The molecular weight excluding hydrogens is 551 g/mol. The number of rotatable bonds is 6. The molecule has 0 atom stereocenters. The minimum Gasteiger partial charge on any atom is -0.382 e. The predicted octanol–water partition coefficient (Wildman–Crippen LogP) is 3.81. The van der Waals surface area contributed by atoms with E-state index in [1.54, 1.807) is 56.7 Å². The van der Waals surface area contributed by atoms with Gasteiger partial charge in [0.1, 0.15) is 28.7 Å². The van der Waals surface area contributed by atoms with E-state index in [0.717, 1.165) is 24.5 Å². The second kappa shape index (κ2) is 11.5. The SMILES string of the molecule is Cc1c(C(=O)Nc2ccc(-c3nc(-c4ccnc(N5CCOCC5)c4)cnc3N)cc2)c(=O)n(-c2cccc(F)c2)n1C. The monoisotopic (exact) mass is 580 g/mol. The number of nitrogens with one attached hydrogen (secondary N) is 1. The van der Waals surface area contributed by atoms with Gasteiger partial charge < -0.3 is 20.7 Å². The zero-order valence-corrected chi connectivity index (χ0v) is 23.6. The number of amides is 1. The maximum absolute atomic E-state index is 13.8. The van der Waals surface area contributed by atoms with E-state index in [1.807, 2.05) is 12.1 Å². The minimum absolute atomic E-state index is 0.0348. The number of aromatic nitrogens is 5. The molecule has 1 fully saturated rings. The molecule has 1 amide bonds. The van der Waals surface area contributed by atoms with E-state index in [0.29, 0.717) is 47.2 Å². The smallest absolute Gasteiger partial charge is 0.284 e. The van der Waals surface area contributed by atoms with Gasteiger partial charge in [-0.25, -0.2) is 24.0 Å². The van der Waals surface area contributed by atoms with Crippen molar-refractivity contribution in [2.75, 3.05) is 42.3 Å². The average molecular weight is 581 g/mol. The van der Waals surface area contributed by atoms with Crippen LogP contribution in [0.3, 0.4) is 0 Å². The Morgan fingerprint density at radius 3 is 2.53 bits per heavy atom. The Labute approximate surface area is 246 Å². The van der Waals surface area contributed by atoms with E-state index in [2.05, 4.69) is 20.2 Å². The van der Waals surface area contributed by atoms with Gasteiger partial charge in [0.25, 0.3) is 11.5 Å². The van der Waals surface area contributed by atoms with Crippen LogP contribution >= 0.6 is 0 Å². The number of carbonyl (C=O) groups excluding carboxylic acids is 1. The third-order valence-electron chi connectivity index (χ3n) is 7.43. The molecule has 3 N–H and O–H groups in total. The Morgan fingerprint density at radius 1 is 1.02 bits per heavy atom. The first-order chi connectivity index (χ1) is 20.8. The van der Waals surface area contributed by atoms with E-state index in [-0.39, 0.29) is 11.4 Å². The van der Waals surface area contributed by atoms with Crippen molar-refractivity contribution >= 4 is 23.2 Å². The molecule has 4 heterocycles. The Balaban J connectivity index is 1.23. The van der Waals surface area contributed by atoms with Crippen molar-refractivity contribution in [3.8, 4) is 28.2 Å². The van der Waals surface area contributed by atoms with Crippen molar-refractivity contribution in [1.82, 2.24) is 24.3 Å². The third-order valence-corrected chi connectivity index (χ3v) is 7.43. The Morgan fingerprint density at radius 2 is 1.79 bits per heavy atom. The first-order valence-electron chi connectivity index (χ1n) is 13.7. The van der Waals surface area contributed by atoms with Gasteiger partial charge >= 0.3 is 0 Å². The summed E-state index contributed by atoms with van der Waals surface area (Å²) in [4.78, 5) is 42.2. The maximum Gasteiger partial charge on any atom is 0.284 e. The van der Waals surface area contributed by atoms with Crippen LogP contribution in [0.4, 0.5) is 21.7 Å². The third kappa shape index (κ3) is 5.47. The standard InChI is InChI=1S/C31H29FN8O3/c1-19-27(31(42)40(38(19)2)24-5-3-4-22(32)17-24)30(41)36-23-8-6-20(7-9-23)28-29(33)35-18-25(37-28)21-10-11-34-26(16-21)39-12-14-43-15-13-39/h3-11,16-18H,12-15H2,1-2H3,(H2,33,35)(H,36,41). The molecule has 1 saturated heterocycles. The Kier molecular flexibility index (Phi) is 7.43. The number of nitrogens with zero attached hydrogens (tertiary/aromatic N) is 6. The van der Waals surface area contributed by atoms with E-state index >= 15 is 0 Å². The fourth-order valence-electron chi connectivity index (χ4n) is 5.07. The number of nitrogen functional groups attached to an aromatic ring is 1. The molecule has 0 aliphatic carbocycles. The number of halogens is 1.